The van der Waals surface area contributed by atoms with Crippen LogP contribution in [0.15, 0.2) is 77.2 Å². The maximum absolute atomic E-state index is 13.2. The molecule has 200 valence electrons. The van der Waals surface area contributed by atoms with E-state index < -0.39 is 0 Å². The molecular weight excluding hydrogens is 494 g/mol. The van der Waals surface area contributed by atoms with Gasteiger partial charge in [0.15, 0.2) is 17.3 Å². The van der Waals surface area contributed by atoms with Crippen LogP contribution in [0.25, 0.3) is 11.3 Å². The minimum Gasteiger partial charge on any atom is -0.493 e. The van der Waals surface area contributed by atoms with Crippen LogP contribution in [0, 0.1) is 0 Å². The first-order valence-corrected chi connectivity index (χ1v) is 12.7. The molecule has 0 atom stereocenters. The Labute approximate surface area is 227 Å². The number of nitrogens with zero attached hydrogens (tertiary/aromatic N) is 2. The number of nitrogens with one attached hydrogen (secondary N) is 1. The lowest BCUT2D eigenvalue weighted by Crippen LogP contribution is -2.35. The highest BCUT2D eigenvalue weighted by atomic mass is 16.5. The molecule has 0 bridgehead atoms. The van der Waals surface area contributed by atoms with Crippen molar-refractivity contribution in [2.75, 3.05) is 45.1 Å². The molecule has 0 radical (unpaired) electrons. The Morgan fingerprint density at radius 3 is 2.18 bits per heavy atom. The minimum absolute atomic E-state index is 0.161. The lowest BCUT2D eigenvalue weighted by molar-refractivity contribution is 0.0703. The Morgan fingerprint density at radius 1 is 0.872 bits per heavy atom. The Balaban J connectivity index is 1.24. The lowest BCUT2D eigenvalue weighted by atomic mass is 9.98. The summed E-state index contributed by atoms with van der Waals surface area (Å²) in [7, 11) is 7.13. The van der Waals surface area contributed by atoms with Crippen molar-refractivity contribution in [1.29, 1.82) is 0 Å². The number of furan rings is 1. The van der Waals surface area contributed by atoms with Gasteiger partial charge in [-0.1, -0.05) is 0 Å². The molecular formula is C31H31N3O5. The molecule has 0 saturated carbocycles. The molecule has 5 rings (SSSR count). The molecule has 4 aromatic rings. The average Bonchev–Trinajstić information content (AvgIpc) is 3.46. The van der Waals surface area contributed by atoms with E-state index in [0.29, 0.717) is 41.6 Å². The Hall–Kier alpha value is -4.72. The van der Waals surface area contributed by atoms with E-state index in [9.17, 15) is 9.59 Å². The van der Waals surface area contributed by atoms with E-state index in [1.807, 2.05) is 67.5 Å². The van der Waals surface area contributed by atoms with Gasteiger partial charge in [0.05, 0.1) is 14.2 Å². The van der Waals surface area contributed by atoms with Crippen molar-refractivity contribution < 1.29 is 23.5 Å². The molecule has 8 heteroatoms. The van der Waals surface area contributed by atoms with Crippen molar-refractivity contribution in [2.45, 2.75) is 13.0 Å². The summed E-state index contributed by atoms with van der Waals surface area (Å²) in [5.74, 6) is 1.86. The number of rotatable bonds is 7. The molecule has 2 heterocycles. The van der Waals surface area contributed by atoms with Gasteiger partial charge in [0.1, 0.15) is 5.76 Å². The van der Waals surface area contributed by atoms with Gasteiger partial charge in [-0.3, -0.25) is 9.59 Å². The second-order valence-corrected chi connectivity index (χ2v) is 9.59. The molecule has 3 aromatic carbocycles. The van der Waals surface area contributed by atoms with Gasteiger partial charge in [0, 0.05) is 49.7 Å². The topological polar surface area (TPSA) is 84.2 Å². The number of hydrogen-bond donors (Lipinski definition) is 1. The van der Waals surface area contributed by atoms with Crippen LogP contribution >= 0.6 is 0 Å². The molecule has 1 aliphatic heterocycles. The molecule has 0 fully saturated rings. The summed E-state index contributed by atoms with van der Waals surface area (Å²) < 4.78 is 16.8. The summed E-state index contributed by atoms with van der Waals surface area (Å²) in [6.07, 6.45) is 0.724. The third-order valence-electron chi connectivity index (χ3n) is 6.90. The molecule has 1 aromatic heterocycles. The van der Waals surface area contributed by atoms with Gasteiger partial charge in [-0.15, -0.1) is 0 Å². The van der Waals surface area contributed by atoms with Crippen LogP contribution in [-0.4, -0.2) is 51.6 Å². The van der Waals surface area contributed by atoms with Crippen molar-refractivity contribution in [3.8, 4) is 22.8 Å². The molecule has 1 aliphatic rings. The number of carbonyl (C=O) groups is 2. The quantitative estimate of drug-likeness (QED) is 0.344. The second-order valence-electron chi connectivity index (χ2n) is 9.59. The molecule has 0 saturated heterocycles. The number of ether oxygens (including phenoxy) is 2. The van der Waals surface area contributed by atoms with Gasteiger partial charge >= 0.3 is 0 Å². The molecule has 1 N–H and O–H groups in total. The monoisotopic (exact) mass is 525 g/mol. The zero-order valence-electron chi connectivity index (χ0n) is 22.5. The van der Waals surface area contributed by atoms with Crippen molar-refractivity contribution in [3.63, 3.8) is 0 Å². The predicted molar refractivity (Wildman–Crippen MR) is 151 cm³/mol. The smallest absolute Gasteiger partial charge is 0.289 e. The third kappa shape index (κ3) is 5.45. The lowest BCUT2D eigenvalue weighted by Gasteiger charge is -2.29. The molecule has 0 unspecified atom stereocenters. The van der Waals surface area contributed by atoms with Gasteiger partial charge in [-0.05, 0) is 90.3 Å². The summed E-state index contributed by atoms with van der Waals surface area (Å²) in [5.41, 5.74) is 5.26. The zero-order valence-corrected chi connectivity index (χ0v) is 22.5. The minimum atomic E-state index is -0.182. The standard InChI is InChI=1S/C31H31N3O5/c1-33(2)25-11-7-21(8-12-25)30(35)32-24-9-5-20(6-10-24)26-13-14-27(39-26)31(36)34-16-15-22-17-28(37-3)29(38-4)18-23(22)19-34/h5-14,17-18H,15-16,19H2,1-4H3,(H,32,35). The summed E-state index contributed by atoms with van der Waals surface area (Å²) in [4.78, 5) is 29.6. The van der Waals surface area contributed by atoms with E-state index in [2.05, 4.69) is 5.32 Å². The number of fused-ring (bicyclic) bond motifs is 1. The SMILES string of the molecule is COc1cc2c(cc1OC)CN(C(=O)c1ccc(-c3ccc(NC(=O)c4ccc(N(C)C)cc4)cc3)o1)CC2. The van der Waals surface area contributed by atoms with Gasteiger partial charge < -0.3 is 29.0 Å². The first-order valence-electron chi connectivity index (χ1n) is 12.7. The van der Waals surface area contributed by atoms with Crippen molar-refractivity contribution in [2.24, 2.45) is 0 Å². The molecule has 0 spiro atoms. The van der Waals surface area contributed by atoms with E-state index in [0.717, 1.165) is 28.8 Å². The van der Waals surface area contributed by atoms with Crippen LogP contribution in [0.3, 0.4) is 0 Å². The summed E-state index contributed by atoms with van der Waals surface area (Å²) in [6, 6.07) is 22.2. The number of benzene rings is 3. The second kappa shape index (κ2) is 10.9. The largest absolute Gasteiger partial charge is 0.493 e. The van der Waals surface area contributed by atoms with Gasteiger partial charge in [-0.2, -0.15) is 0 Å². The van der Waals surface area contributed by atoms with Crippen molar-refractivity contribution >= 4 is 23.2 Å². The fourth-order valence-corrected chi connectivity index (χ4v) is 4.65. The highest BCUT2D eigenvalue weighted by Gasteiger charge is 2.25. The fourth-order valence-electron chi connectivity index (χ4n) is 4.65. The number of carbonyl (C=O) groups excluding carboxylic acids is 2. The van der Waals surface area contributed by atoms with Gasteiger partial charge in [-0.25, -0.2) is 0 Å². The number of hydrogen-bond acceptors (Lipinski definition) is 6. The summed E-state index contributed by atoms with van der Waals surface area (Å²) >= 11 is 0. The van der Waals surface area contributed by atoms with Gasteiger partial charge in [0.25, 0.3) is 11.8 Å². The Bertz CT molecular complexity index is 1490. The van der Waals surface area contributed by atoms with E-state index >= 15 is 0 Å². The maximum atomic E-state index is 13.2. The highest BCUT2D eigenvalue weighted by Crippen LogP contribution is 2.34. The van der Waals surface area contributed by atoms with E-state index in [1.165, 1.54) is 0 Å². The molecule has 0 aliphatic carbocycles. The van der Waals surface area contributed by atoms with Crippen LogP contribution in [0.1, 0.15) is 32.0 Å². The average molecular weight is 526 g/mol. The highest BCUT2D eigenvalue weighted by molar-refractivity contribution is 6.04. The van der Waals surface area contributed by atoms with Crippen LogP contribution in [-0.2, 0) is 13.0 Å². The van der Waals surface area contributed by atoms with Crippen LogP contribution in [0.4, 0.5) is 11.4 Å². The van der Waals surface area contributed by atoms with E-state index in [1.54, 1.807) is 43.4 Å². The Kier molecular flexibility index (Phi) is 7.27. The van der Waals surface area contributed by atoms with Crippen molar-refractivity contribution in [3.05, 3.63) is 95.2 Å². The van der Waals surface area contributed by atoms with Crippen LogP contribution < -0.4 is 19.7 Å². The normalized spacial score (nSPS) is 12.5. The van der Waals surface area contributed by atoms with Crippen molar-refractivity contribution in [1.82, 2.24) is 4.90 Å². The predicted octanol–water partition coefficient (Wildman–Crippen LogP) is 5.48. The maximum Gasteiger partial charge on any atom is 0.289 e. The van der Waals surface area contributed by atoms with E-state index in [-0.39, 0.29) is 17.6 Å². The number of amides is 2. The first kappa shape index (κ1) is 25.9. The van der Waals surface area contributed by atoms with Gasteiger partial charge in [0.2, 0.25) is 0 Å². The fraction of sp³-hybridized carbons (Fsp3) is 0.226. The number of methoxy groups -OCH3 is 2. The Morgan fingerprint density at radius 2 is 1.54 bits per heavy atom. The van der Waals surface area contributed by atoms with E-state index in [4.69, 9.17) is 13.9 Å². The van der Waals surface area contributed by atoms with Crippen LogP contribution in [0.2, 0.25) is 0 Å². The zero-order chi connectivity index (χ0) is 27.5. The molecule has 2 amide bonds. The summed E-state index contributed by atoms with van der Waals surface area (Å²) in [6.45, 7) is 1.06. The van der Waals surface area contributed by atoms with Crippen LogP contribution in [0.5, 0.6) is 11.5 Å². The molecule has 39 heavy (non-hydrogen) atoms. The molecule has 8 nitrogen and oxygen atoms in total. The third-order valence-corrected chi connectivity index (χ3v) is 6.90. The summed E-state index contributed by atoms with van der Waals surface area (Å²) in [5, 5.41) is 2.91. The number of anilines is 2. The first-order chi connectivity index (χ1) is 18.9.